The molecule has 3 aromatic rings. The van der Waals surface area contributed by atoms with Crippen LogP contribution in [0.1, 0.15) is 54.9 Å². The first-order chi connectivity index (χ1) is 17.0. The van der Waals surface area contributed by atoms with Crippen LogP contribution in [0.25, 0.3) is 0 Å². The molecule has 0 radical (unpaired) electrons. The number of tetrazole rings is 1. The number of unbranched alkanes of at least 4 members (excludes halogenated alkanes) is 3. The van der Waals surface area contributed by atoms with Gasteiger partial charge in [-0.3, -0.25) is 9.59 Å². The second-order valence-electron chi connectivity index (χ2n) is 8.05. The van der Waals surface area contributed by atoms with Crippen molar-refractivity contribution in [3.8, 4) is 5.75 Å². The number of hydrogen-bond donors (Lipinski definition) is 2. The van der Waals surface area contributed by atoms with E-state index in [1.54, 1.807) is 18.2 Å². The normalized spacial score (nSPS) is 11.8. The zero-order valence-electron chi connectivity index (χ0n) is 19.5. The minimum absolute atomic E-state index is 0.0186. The fraction of sp³-hybridized carbons (Fsp3) is 0.400. The number of ether oxygens (including phenoxy) is 1. The smallest absolute Gasteiger partial charge is 0.321 e. The number of aliphatic carboxylic acids is 2. The van der Waals surface area contributed by atoms with E-state index in [1.807, 2.05) is 12.1 Å². The summed E-state index contributed by atoms with van der Waals surface area (Å²) >= 11 is 1.00. The summed E-state index contributed by atoms with van der Waals surface area (Å²) in [5.74, 6) is -1.41. The van der Waals surface area contributed by atoms with Crippen molar-refractivity contribution in [1.82, 2.24) is 20.2 Å². The van der Waals surface area contributed by atoms with Gasteiger partial charge < -0.3 is 14.9 Å². The number of aromatic nitrogens is 4. The number of aryl methyl sites for hydroxylation is 2. The molecular formula is C25H30N4O5S. The van der Waals surface area contributed by atoms with Gasteiger partial charge in [-0.25, -0.2) is 4.68 Å². The molecule has 10 heteroatoms. The van der Waals surface area contributed by atoms with Gasteiger partial charge in [0.25, 0.3) is 0 Å². The van der Waals surface area contributed by atoms with Crippen LogP contribution in [0.15, 0.2) is 59.8 Å². The Hall–Kier alpha value is -3.40. The molecule has 0 fully saturated rings. The molecule has 2 N–H and O–H groups in total. The summed E-state index contributed by atoms with van der Waals surface area (Å²) in [6.45, 7) is 0.794. The zero-order valence-corrected chi connectivity index (χ0v) is 20.3. The highest BCUT2D eigenvalue weighted by Crippen LogP contribution is 2.38. The van der Waals surface area contributed by atoms with Crippen LogP contribution in [-0.2, 0) is 22.6 Å². The average Bonchev–Trinajstić information content (AvgIpc) is 3.29. The predicted octanol–water partition coefficient (Wildman–Crippen LogP) is 4.64. The maximum atomic E-state index is 12.1. The molecule has 1 atom stereocenters. The molecule has 186 valence electrons. The van der Waals surface area contributed by atoms with Crippen LogP contribution < -0.4 is 4.74 Å². The number of carboxylic acid groups (broad SMARTS) is 2. The van der Waals surface area contributed by atoms with Gasteiger partial charge in [-0.2, -0.15) is 0 Å². The van der Waals surface area contributed by atoms with Gasteiger partial charge in [0.2, 0.25) is 5.16 Å². The Labute approximate surface area is 208 Å². The molecule has 2 aromatic carbocycles. The summed E-state index contributed by atoms with van der Waals surface area (Å²) in [7, 11) is 0. The van der Waals surface area contributed by atoms with Crippen LogP contribution in [-0.4, -0.2) is 49.0 Å². The van der Waals surface area contributed by atoms with E-state index >= 15 is 0 Å². The van der Waals surface area contributed by atoms with E-state index in [9.17, 15) is 14.7 Å². The second kappa shape index (κ2) is 14.1. The molecule has 0 aliphatic heterocycles. The third-order valence-electron chi connectivity index (χ3n) is 5.37. The molecule has 1 heterocycles. The number of nitrogens with zero attached hydrogens (tertiary/aromatic N) is 4. The van der Waals surface area contributed by atoms with Crippen molar-refractivity contribution >= 4 is 23.7 Å². The lowest BCUT2D eigenvalue weighted by molar-refractivity contribution is -0.137. The van der Waals surface area contributed by atoms with Crippen LogP contribution in [0.3, 0.4) is 0 Å². The van der Waals surface area contributed by atoms with Gasteiger partial charge in [-0.1, -0.05) is 73.1 Å². The molecule has 3 rings (SSSR count). The second-order valence-corrected chi connectivity index (χ2v) is 9.13. The lowest BCUT2D eigenvalue weighted by atomic mass is 10.1. The molecule has 9 nitrogen and oxygen atoms in total. The monoisotopic (exact) mass is 498 g/mol. The number of thioether (sulfide) groups is 1. The number of benzene rings is 2. The van der Waals surface area contributed by atoms with Crippen molar-refractivity contribution < 1.29 is 24.5 Å². The largest absolute Gasteiger partial charge is 0.493 e. The van der Waals surface area contributed by atoms with Crippen molar-refractivity contribution in [3.63, 3.8) is 0 Å². The van der Waals surface area contributed by atoms with E-state index < -0.39 is 17.2 Å². The van der Waals surface area contributed by atoms with Crippen LogP contribution in [0, 0.1) is 0 Å². The summed E-state index contributed by atoms with van der Waals surface area (Å²) in [5, 5.41) is 29.5. The van der Waals surface area contributed by atoms with Crippen LogP contribution in [0.2, 0.25) is 0 Å². The SMILES string of the molecule is O=C(O)CCCn1nnnc1SC(C(=O)O)c1ccccc1OCCCCCCc1ccccc1. The van der Waals surface area contributed by atoms with Crippen molar-refractivity contribution in [2.24, 2.45) is 0 Å². The number of para-hydroxylation sites is 1. The Balaban J connectivity index is 1.52. The maximum absolute atomic E-state index is 12.1. The lowest BCUT2D eigenvalue weighted by Gasteiger charge is -2.17. The minimum atomic E-state index is -1.04. The van der Waals surface area contributed by atoms with E-state index in [-0.39, 0.29) is 13.0 Å². The topological polar surface area (TPSA) is 127 Å². The van der Waals surface area contributed by atoms with Gasteiger partial charge in [0.15, 0.2) is 0 Å². The van der Waals surface area contributed by atoms with E-state index in [2.05, 4.69) is 39.8 Å². The van der Waals surface area contributed by atoms with E-state index in [0.717, 1.165) is 43.9 Å². The van der Waals surface area contributed by atoms with E-state index in [1.165, 1.54) is 10.2 Å². The Kier molecular flexibility index (Phi) is 10.6. The molecule has 0 aliphatic rings. The molecule has 0 amide bonds. The fourth-order valence-electron chi connectivity index (χ4n) is 3.59. The summed E-state index contributed by atoms with van der Waals surface area (Å²) in [6, 6.07) is 17.5. The molecule has 0 saturated carbocycles. The van der Waals surface area contributed by atoms with Gasteiger partial charge in [-0.05, 0) is 47.7 Å². The van der Waals surface area contributed by atoms with E-state index in [0.29, 0.717) is 29.5 Å². The maximum Gasteiger partial charge on any atom is 0.321 e. The predicted molar refractivity (Wildman–Crippen MR) is 131 cm³/mol. The number of rotatable bonds is 16. The molecule has 1 aromatic heterocycles. The zero-order chi connectivity index (χ0) is 24.9. The Morgan fingerprint density at radius 3 is 2.46 bits per heavy atom. The van der Waals surface area contributed by atoms with Gasteiger partial charge in [-0.15, -0.1) is 5.10 Å². The standard InChI is InChI=1S/C25H30N4O5S/c30-22(31)16-10-17-29-25(26-27-28-29)35-23(24(32)33)20-14-7-8-15-21(20)34-18-9-2-1-4-11-19-12-5-3-6-13-19/h3,5-8,12-15,23H,1-2,4,9-11,16-18H2,(H,30,31)(H,32,33). The third kappa shape index (κ3) is 8.71. The number of carbonyl (C=O) groups is 2. The fourth-order valence-corrected chi connectivity index (χ4v) is 4.56. The summed E-state index contributed by atoms with van der Waals surface area (Å²) < 4.78 is 7.41. The van der Waals surface area contributed by atoms with Crippen LogP contribution in [0.4, 0.5) is 0 Å². The first-order valence-electron chi connectivity index (χ1n) is 11.7. The molecule has 0 saturated heterocycles. The highest BCUT2D eigenvalue weighted by atomic mass is 32.2. The first kappa shape index (κ1) is 26.2. The Morgan fingerprint density at radius 1 is 0.943 bits per heavy atom. The average molecular weight is 499 g/mol. The molecule has 0 spiro atoms. The molecule has 0 aliphatic carbocycles. The van der Waals surface area contributed by atoms with Gasteiger partial charge in [0, 0.05) is 18.5 Å². The van der Waals surface area contributed by atoms with Crippen LogP contribution in [0.5, 0.6) is 5.75 Å². The van der Waals surface area contributed by atoms with Crippen LogP contribution >= 0.6 is 11.8 Å². The highest BCUT2D eigenvalue weighted by molar-refractivity contribution is 8.00. The highest BCUT2D eigenvalue weighted by Gasteiger charge is 2.27. The molecular weight excluding hydrogens is 468 g/mol. The van der Waals surface area contributed by atoms with E-state index in [4.69, 9.17) is 9.84 Å². The Bertz CT molecular complexity index is 1080. The van der Waals surface area contributed by atoms with Gasteiger partial charge in [0.05, 0.1) is 6.61 Å². The molecule has 35 heavy (non-hydrogen) atoms. The quantitative estimate of drug-likeness (QED) is 0.214. The Morgan fingerprint density at radius 2 is 1.69 bits per heavy atom. The number of hydrogen-bond acceptors (Lipinski definition) is 7. The number of carboxylic acids is 2. The summed E-state index contributed by atoms with van der Waals surface area (Å²) in [5.41, 5.74) is 1.89. The summed E-state index contributed by atoms with van der Waals surface area (Å²) in [6.07, 6.45) is 5.55. The summed E-state index contributed by atoms with van der Waals surface area (Å²) in [4.78, 5) is 22.9. The van der Waals surface area contributed by atoms with Gasteiger partial charge in [0.1, 0.15) is 11.0 Å². The lowest BCUT2D eigenvalue weighted by Crippen LogP contribution is -2.12. The van der Waals surface area contributed by atoms with Crippen molar-refractivity contribution in [3.05, 3.63) is 65.7 Å². The van der Waals surface area contributed by atoms with Crippen molar-refractivity contribution in [2.45, 2.75) is 61.9 Å². The van der Waals surface area contributed by atoms with Gasteiger partial charge >= 0.3 is 11.9 Å². The molecule has 0 bridgehead atoms. The van der Waals surface area contributed by atoms with Crippen molar-refractivity contribution in [1.29, 1.82) is 0 Å². The first-order valence-corrected chi connectivity index (χ1v) is 12.6. The molecule has 1 unspecified atom stereocenters. The minimum Gasteiger partial charge on any atom is -0.493 e. The third-order valence-corrected chi connectivity index (χ3v) is 6.56. The van der Waals surface area contributed by atoms with Crippen molar-refractivity contribution in [2.75, 3.05) is 6.61 Å².